The Labute approximate surface area is 188 Å². The molecule has 0 saturated heterocycles. The molecular weight excluding hydrogens is 462 g/mol. The van der Waals surface area contributed by atoms with Gasteiger partial charge in [-0.25, -0.2) is 13.4 Å². The third-order valence-corrected chi connectivity index (χ3v) is 9.16. The summed E-state index contributed by atoms with van der Waals surface area (Å²) in [5, 5.41) is 3.49. The van der Waals surface area contributed by atoms with Crippen molar-refractivity contribution in [2.75, 3.05) is 24.1 Å². The first kappa shape index (κ1) is 21.3. The van der Waals surface area contributed by atoms with Crippen molar-refractivity contribution in [3.05, 3.63) is 52.9 Å². The minimum atomic E-state index is -3.72. The molecule has 0 aliphatic heterocycles. The van der Waals surface area contributed by atoms with Crippen molar-refractivity contribution in [3.63, 3.8) is 0 Å². The second kappa shape index (κ2) is 9.07. The standard InChI is InChI=1S/C20H20ClN3O3S3/c1-2-27-9-8-24(30(25,26)18-7-4-10-28-18)17-6-3-5-14-11-16(23-19(14)17)20-22-13-15(12-21)29-20/h3-7,10-11,13,23H,2,8-9,12H2,1H3. The van der Waals surface area contributed by atoms with Crippen molar-refractivity contribution in [2.24, 2.45) is 0 Å². The summed E-state index contributed by atoms with van der Waals surface area (Å²) in [4.78, 5) is 8.77. The van der Waals surface area contributed by atoms with E-state index in [4.69, 9.17) is 16.3 Å². The van der Waals surface area contributed by atoms with Crippen LogP contribution in [0.2, 0.25) is 0 Å². The number of nitrogens with one attached hydrogen (secondary N) is 1. The van der Waals surface area contributed by atoms with Crippen LogP contribution in [0.1, 0.15) is 11.8 Å². The molecule has 0 unspecified atom stereocenters. The van der Waals surface area contributed by atoms with Crippen molar-refractivity contribution in [2.45, 2.75) is 17.0 Å². The molecular formula is C20H20ClN3O3S3. The van der Waals surface area contributed by atoms with Gasteiger partial charge in [0.05, 0.1) is 35.9 Å². The highest BCUT2D eigenvalue weighted by molar-refractivity contribution is 7.94. The predicted octanol–water partition coefficient (Wildman–Crippen LogP) is 5.32. The molecule has 0 aliphatic carbocycles. The molecule has 4 rings (SSSR count). The summed E-state index contributed by atoms with van der Waals surface area (Å²) in [6.07, 6.45) is 1.76. The van der Waals surface area contributed by atoms with E-state index >= 15 is 0 Å². The summed E-state index contributed by atoms with van der Waals surface area (Å²) >= 11 is 8.62. The molecule has 1 aromatic carbocycles. The molecule has 0 radical (unpaired) electrons. The van der Waals surface area contributed by atoms with E-state index in [2.05, 4.69) is 9.97 Å². The van der Waals surface area contributed by atoms with Gasteiger partial charge in [-0.15, -0.1) is 34.3 Å². The monoisotopic (exact) mass is 481 g/mol. The Morgan fingerprint density at radius 2 is 2.13 bits per heavy atom. The van der Waals surface area contributed by atoms with E-state index in [1.807, 2.05) is 31.2 Å². The predicted molar refractivity (Wildman–Crippen MR) is 124 cm³/mol. The zero-order valence-corrected chi connectivity index (χ0v) is 19.4. The van der Waals surface area contributed by atoms with E-state index in [-0.39, 0.29) is 6.54 Å². The molecule has 10 heteroatoms. The van der Waals surface area contributed by atoms with Crippen LogP contribution in [0.5, 0.6) is 0 Å². The van der Waals surface area contributed by atoms with Crippen molar-refractivity contribution in [1.82, 2.24) is 9.97 Å². The highest BCUT2D eigenvalue weighted by Gasteiger charge is 2.27. The van der Waals surface area contributed by atoms with Crippen LogP contribution in [-0.2, 0) is 20.6 Å². The molecule has 0 spiro atoms. The van der Waals surface area contributed by atoms with Gasteiger partial charge >= 0.3 is 0 Å². The van der Waals surface area contributed by atoms with Gasteiger partial charge in [-0.2, -0.15) is 0 Å². The molecule has 6 nitrogen and oxygen atoms in total. The zero-order chi connectivity index (χ0) is 21.1. The largest absolute Gasteiger partial charge is 0.380 e. The summed E-state index contributed by atoms with van der Waals surface area (Å²) in [5.41, 5.74) is 2.16. The Balaban J connectivity index is 1.80. The van der Waals surface area contributed by atoms with Crippen molar-refractivity contribution in [1.29, 1.82) is 0 Å². The third-order valence-electron chi connectivity index (χ3n) is 4.50. The van der Waals surface area contributed by atoms with Crippen LogP contribution in [0.15, 0.2) is 52.2 Å². The lowest BCUT2D eigenvalue weighted by Gasteiger charge is -2.24. The number of halogens is 1. The molecule has 3 heterocycles. The van der Waals surface area contributed by atoms with Crippen LogP contribution in [0.4, 0.5) is 5.69 Å². The molecule has 0 bridgehead atoms. The Hall–Kier alpha value is -1.91. The Kier molecular flexibility index (Phi) is 6.45. The third kappa shape index (κ3) is 4.13. The van der Waals surface area contributed by atoms with Crippen LogP contribution >= 0.6 is 34.3 Å². The summed E-state index contributed by atoms with van der Waals surface area (Å²) < 4.78 is 34.0. The maximum absolute atomic E-state index is 13.4. The van der Waals surface area contributed by atoms with Gasteiger partial charge in [0.1, 0.15) is 9.22 Å². The minimum absolute atomic E-state index is 0.217. The number of thiazole rings is 1. The fraction of sp³-hybridized carbons (Fsp3) is 0.250. The number of benzene rings is 1. The number of ether oxygens (including phenoxy) is 1. The van der Waals surface area contributed by atoms with Gasteiger partial charge in [-0.05, 0) is 30.5 Å². The molecule has 0 amide bonds. The second-order valence-corrected chi connectivity index (χ2v) is 10.8. The number of rotatable bonds is 9. The molecule has 158 valence electrons. The van der Waals surface area contributed by atoms with E-state index in [9.17, 15) is 8.42 Å². The molecule has 4 aromatic rings. The zero-order valence-electron chi connectivity index (χ0n) is 16.2. The molecule has 1 N–H and O–H groups in total. The summed E-state index contributed by atoms with van der Waals surface area (Å²) in [7, 11) is -3.72. The number of alkyl halides is 1. The minimum Gasteiger partial charge on any atom is -0.380 e. The number of aromatic nitrogens is 2. The Morgan fingerprint density at radius 1 is 1.27 bits per heavy atom. The van der Waals surface area contributed by atoms with E-state index in [0.29, 0.717) is 29.0 Å². The van der Waals surface area contributed by atoms with Gasteiger partial charge in [0.15, 0.2) is 0 Å². The molecule has 0 aliphatic rings. The Morgan fingerprint density at radius 3 is 2.83 bits per heavy atom. The highest BCUT2D eigenvalue weighted by Crippen LogP contribution is 2.35. The molecule has 30 heavy (non-hydrogen) atoms. The van der Waals surface area contributed by atoms with Crippen LogP contribution in [0.3, 0.4) is 0 Å². The lowest BCUT2D eigenvalue weighted by molar-refractivity contribution is 0.156. The molecule has 3 aromatic heterocycles. The van der Waals surface area contributed by atoms with Crippen LogP contribution in [0.25, 0.3) is 21.6 Å². The first-order chi connectivity index (χ1) is 14.5. The van der Waals surface area contributed by atoms with Gasteiger partial charge < -0.3 is 9.72 Å². The van der Waals surface area contributed by atoms with Crippen LogP contribution < -0.4 is 4.31 Å². The summed E-state index contributed by atoms with van der Waals surface area (Å²) in [6, 6.07) is 11.0. The normalized spacial score (nSPS) is 11.9. The van der Waals surface area contributed by atoms with Gasteiger partial charge in [-0.3, -0.25) is 4.31 Å². The number of aromatic amines is 1. The number of anilines is 1. The van der Waals surface area contributed by atoms with Crippen molar-refractivity contribution >= 4 is 60.9 Å². The smallest absolute Gasteiger partial charge is 0.273 e. The van der Waals surface area contributed by atoms with Gasteiger partial charge in [0, 0.05) is 23.1 Å². The number of nitrogens with zero attached hydrogens (tertiary/aromatic N) is 2. The number of para-hydroxylation sites is 1. The van der Waals surface area contributed by atoms with E-state index < -0.39 is 10.0 Å². The second-order valence-electron chi connectivity index (χ2n) is 6.40. The maximum atomic E-state index is 13.4. The van der Waals surface area contributed by atoms with Crippen LogP contribution in [0, 0.1) is 0 Å². The van der Waals surface area contributed by atoms with Crippen molar-refractivity contribution < 1.29 is 13.2 Å². The van der Waals surface area contributed by atoms with Crippen molar-refractivity contribution in [3.8, 4) is 10.7 Å². The quantitative estimate of drug-likeness (QED) is 0.259. The van der Waals surface area contributed by atoms with Crippen LogP contribution in [-0.4, -0.2) is 38.1 Å². The lowest BCUT2D eigenvalue weighted by atomic mass is 10.2. The topological polar surface area (TPSA) is 75.3 Å². The van der Waals surface area contributed by atoms with E-state index in [1.54, 1.807) is 23.7 Å². The lowest BCUT2D eigenvalue weighted by Crippen LogP contribution is -2.34. The first-order valence-corrected chi connectivity index (χ1v) is 13.0. The Bertz CT molecular complexity index is 1230. The molecule has 0 fully saturated rings. The van der Waals surface area contributed by atoms with Gasteiger partial charge in [0.2, 0.25) is 0 Å². The highest BCUT2D eigenvalue weighted by atomic mass is 35.5. The number of hydrogen-bond donors (Lipinski definition) is 1. The number of thiophene rings is 1. The average molecular weight is 482 g/mol. The van der Waals surface area contributed by atoms with E-state index in [0.717, 1.165) is 26.5 Å². The maximum Gasteiger partial charge on any atom is 0.273 e. The number of sulfonamides is 1. The fourth-order valence-corrected chi connectivity index (χ4v) is 6.67. The fourth-order valence-electron chi connectivity index (χ4n) is 3.14. The molecule has 0 saturated carbocycles. The summed E-state index contributed by atoms with van der Waals surface area (Å²) in [5.74, 6) is 0.410. The SMILES string of the molecule is CCOCCN(c1cccc2cc(-c3ncc(CCl)s3)[nH]c12)S(=O)(=O)c1cccs1. The summed E-state index contributed by atoms with van der Waals surface area (Å²) in [6.45, 7) is 2.93. The molecule has 0 atom stereocenters. The number of fused-ring (bicyclic) bond motifs is 1. The van der Waals surface area contributed by atoms with Gasteiger partial charge in [0.25, 0.3) is 10.0 Å². The van der Waals surface area contributed by atoms with Gasteiger partial charge in [-0.1, -0.05) is 18.2 Å². The van der Waals surface area contributed by atoms with E-state index in [1.165, 1.54) is 27.0 Å². The first-order valence-electron chi connectivity index (χ1n) is 9.31. The number of H-pyrrole nitrogens is 1. The number of hydrogen-bond acceptors (Lipinski definition) is 6. The average Bonchev–Trinajstić information content (AvgIpc) is 3.50.